The van der Waals surface area contributed by atoms with Crippen LogP contribution in [0.2, 0.25) is 0 Å². The lowest BCUT2D eigenvalue weighted by molar-refractivity contribution is 0.871. The maximum absolute atomic E-state index is 4.37. The largest absolute Gasteiger partial charge is 0.371 e. The minimum atomic E-state index is -0.392. The highest BCUT2D eigenvalue weighted by Gasteiger charge is 2.15. The summed E-state index contributed by atoms with van der Waals surface area (Å²) in [5.74, 6) is 0. The molecule has 0 heterocycles. The van der Waals surface area contributed by atoms with Crippen molar-refractivity contribution in [2.75, 3.05) is 24.2 Å². The van der Waals surface area contributed by atoms with Crippen LogP contribution in [-0.4, -0.2) is 19.3 Å². The van der Waals surface area contributed by atoms with Crippen molar-refractivity contribution < 1.29 is 0 Å². The van der Waals surface area contributed by atoms with Crippen molar-refractivity contribution >= 4 is 35.6 Å². The van der Waals surface area contributed by atoms with E-state index in [1.165, 1.54) is 16.3 Å². The zero-order valence-electron chi connectivity index (χ0n) is 18.4. The van der Waals surface area contributed by atoms with E-state index in [0.29, 0.717) is 0 Å². The molecule has 4 aromatic carbocycles. The van der Waals surface area contributed by atoms with Gasteiger partial charge in [-0.05, 0) is 68.0 Å². The Bertz CT molecular complexity index is 1060. The third kappa shape index (κ3) is 5.90. The number of benzene rings is 4. The monoisotopic (exact) mass is 437 g/mol. The molecule has 0 aliphatic rings. The lowest BCUT2D eigenvalue weighted by Crippen LogP contribution is -2.28. The topological polar surface area (TPSA) is 28.0 Å². The zero-order valence-corrected chi connectivity index (χ0v) is 19.3. The molecule has 0 spiro atoms. The summed E-state index contributed by atoms with van der Waals surface area (Å²) in [6.45, 7) is 4.20. The molecule has 0 saturated heterocycles. The maximum Gasteiger partial charge on any atom is 0.0858 e. The summed E-state index contributed by atoms with van der Waals surface area (Å²) < 4.78 is 0. The van der Waals surface area contributed by atoms with Crippen LogP contribution in [0, 0.1) is 0 Å². The molecule has 0 atom stereocenters. The summed E-state index contributed by atoms with van der Waals surface area (Å²) in [6.07, 6.45) is 1.12. The molecule has 0 aliphatic carbocycles. The molecule has 3 nitrogen and oxygen atoms in total. The van der Waals surface area contributed by atoms with Crippen LogP contribution in [0.25, 0.3) is 0 Å². The Morgan fingerprint density at radius 1 is 0.594 bits per heavy atom. The molecule has 32 heavy (non-hydrogen) atoms. The number of anilines is 1. The van der Waals surface area contributed by atoms with Crippen LogP contribution in [0.4, 0.5) is 17.1 Å². The van der Waals surface area contributed by atoms with Crippen molar-refractivity contribution in [3.63, 3.8) is 0 Å². The van der Waals surface area contributed by atoms with E-state index in [9.17, 15) is 0 Å². The molecule has 0 aliphatic heterocycles. The van der Waals surface area contributed by atoms with Gasteiger partial charge < -0.3 is 4.90 Å². The standard InChI is InChI=1S/C28H28N3P/c1-2-31(26-20-18-25(19-21-26)30-29-24-12-6-3-7-13-24)22-23-32(27-14-8-4-9-15-27)28-16-10-5-11-17-28/h3-21H,2,22-23H2,1H3. The number of nitrogens with zero attached hydrogens (tertiary/aromatic N) is 3. The molecule has 160 valence electrons. The summed E-state index contributed by atoms with van der Waals surface area (Å²) in [5, 5.41) is 11.5. The summed E-state index contributed by atoms with van der Waals surface area (Å²) in [5.41, 5.74) is 2.95. The van der Waals surface area contributed by atoms with E-state index in [2.05, 4.69) is 94.8 Å². The first-order valence-electron chi connectivity index (χ1n) is 11.0. The molecular weight excluding hydrogens is 409 g/mol. The Morgan fingerprint density at radius 3 is 1.56 bits per heavy atom. The van der Waals surface area contributed by atoms with Crippen molar-refractivity contribution in [2.24, 2.45) is 10.2 Å². The third-order valence-electron chi connectivity index (χ3n) is 5.36. The lowest BCUT2D eigenvalue weighted by Gasteiger charge is -2.27. The summed E-state index contributed by atoms with van der Waals surface area (Å²) in [6, 6.07) is 40.0. The number of hydrogen-bond donors (Lipinski definition) is 0. The van der Waals surface area contributed by atoms with E-state index in [4.69, 9.17) is 0 Å². The highest BCUT2D eigenvalue weighted by molar-refractivity contribution is 7.73. The molecule has 4 rings (SSSR count). The third-order valence-corrected chi connectivity index (χ3v) is 7.85. The molecule has 0 fully saturated rings. The molecule has 4 heteroatoms. The van der Waals surface area contributed by atoms with E-state index >= 15 is 0 Å². The van der Waals surface area contributed by atoms with Gasteiger partial charge in [-0.2, -0.15) is 10.2 Å². The van der Waals surface area contributed by atoms with Gasteiger partial charge in [0.1, 0.15) is 0 Å². The first-order chi connectivity index (χ1) is 15.8. The lowest BCUT2D eigenvalue weighted by atomic mass is 10.2. The summed E-state index contributed by atoms with van der Waals surface area (Å²) in [7, 11) is -0.392. The SMILES string of the molecule is CCN(CCP(c1ccccc1)c1ccccc1)c1ccc(N=Nc2ccccc2)cc1. The van der Waals surface area contributed by atoms with Crippen LogP contribution in [0.1, 0.15) is 6.92 Å². The van der Waals surface area contributed by atoms with Crippen molar-refractivity contribution in [2.45, 2.75) is 6.92 Å². The first-order valence-corrected chi connectivity index (χ1v) is 12.6. The molecular formula is C28H28N3P. The fraction of sp³-hybridized carbons (Fsp3) is 0.143. The molecule has 0 N–H and O–H groups in total. The van der Waals surface area contributed by atoms with E-state index in [1.807, 2.05) is 42.5 Å². The Kier molecular flexibility index (Phi) is 7.79. The van der Waals surface area contributed by atoms with Crippen molar-refractivity contribution in [1.29, 1.82) is 0 Å². The highest BCUT2D eigenvalue weighted by Crippen LogP contribution is 2.34. The smallest absolute Gasteiger partial charge is 0.0858 e. The molecule has 0 saturated carbocycles. The fourth-order valence-electron chi connectivity index (χ4n) is 3.65. The highest BCUT2D eigenvalue weighted by atomic mass is 31.1. The van der Waals surface area contributed by atoms with Gasteiger partial charge in [0.15, 0.2) is 0 Å². The van der Waals surface area contributed by atoms with E-state index < -0.39 is 7.92 Å². The minimum Gasteiger partial charge on any atom is -0.371 e. The number of rotatable bonds is 9. The summed E-state index contributed by atoms with van der Waals surface area (Å²) >= 11 is 0. The quantitative estimate of drug-likeness (QED) is 0.203. The van der Waals surface area contributed by atoms with Crippen molar-refractivity contribution in [3.8, 4) is 0 Å². The minimum absolute atomic E-state index is 0.392. The first kappa shape index (κ1) is 21.9. The molecule has 0 radical (unpaired) electrons. The average Bonchev–Trinajstić information content (AvgIpc) is 2.88. The summed E-state index contributed by atoms with van der Waals surface area (Å²) in [4.78, 5) is 2.44. The predicted octanol–water partition coefficient (Wildman–Crippen LogP) is 7.06. The van der Waals surface area contributed by atoms with Gasteiger partial charge in [0.2, 0.25) is 0 Å². The van der Waals surface area contributed by atoms with E-state index in [0.717, 1.165) is 30.6 Å². The number of azo groups is 1. The van der Waals surface area contributed by atoms with E-state index in [1.54, 1.807) is 0 Å². The van der Waals surface area contributed by atoms with Crippen LogP contribution >= 0.6 is 7.92 Å². The van der Waals surface area contributed by atoms with Gasteiger partial charge in [-0.1, -0.05) is 78.9 Å². The van der Waals surface area contributed by atoms with Crippen LogP contribution in [0.5, 0.6) is 0 Å². The molecule has 0 amide bonds. The van der Waals surface area contributed by atoms with Gasteiger partial charge in [-0.25, -0.2) is 0 Å². The molecule has 0 aromatic heterocycles. The second-order valence-corrected chi connectivity index (χ2v) is 9.79. The fourth-order valence-corrected chi connectivity index (χ4v) is 5.97. The molecule has 4 aromatic rings. The second kappa shape index (κ2) is 11.4. The Balaban J connectivity index is 1.45. The van der Waals surface area contributed by atoms with Crippen molar-refractivity contribution in [3.05, 3.63) is 115 Å². The van der Waals surface area contributed by atoms with Gasteiger partial charge in [0.05, 0.1) is 11.4 Å². The molecule has 0 bridgehead atoms. The van der Waals surface area contributed by atoms with Gasteiger partial charge >= 0.3 is 0 Å². The Labute approximate surface area is 192 Å². The Hall–Kier alpha value is -3.29. The van der Waals surface area contributed by atoms with Crippen LogP contribution in [0.15, 0.2) is 125 Å². The average molecular weight is 438 g/mol. The van der Waals surface area contributed by atoms with Gasteiger partial charge in [0.25, 0.3) is 0 Å². The number of hydrogen-bond acceptors (Lipinski definition) is 3. The predicted molar refractivity (Wildman–Crippen MR) is 139 cm³/mol. The second-order valence-electron chi connectivity index (χ2n) is 7.45. The van der Waals surface area contributed by atoms with Gasteiger partial charge in [-0.15, -0.1) is 0 Å². The maximum atomic E-state index is 4.37. The zero-order chi connectivity index (χ0) is 22.0. The van der Waals surface area contributed by atoms with Gasteiger partial charge in [-0.3, -0.25) is 0 Å². The van der Waals surface area contributed by atoms with Gasteiger partial charge in [0, 0.05) is 18.8 Å². The van der Waals surface area contributed by atoms with Crippen molar-refractivity contribution in [1.82, 2.24) is 0 Å². The van der Waals surface area contributed by atoms with Crippen LogP contribution in [0.3, 0.4) is 0 Å². The van der Waals surface area contributed by atoms with Crippen LogP contribution in [-0.2, 0) is 0 Å². The normalized spacial score (nSPS) is 11.2. The van der Waals surface area contributed by atoms with E-state index in [-0.39, 0.29) is 0 Å². The van der Waals surface area contributed by atoms with Crippen LogP contribution < -0.4 is 15.5 Å². The molecule has 0 unspecified atom stereocenters. The Morgan fingerprint density at radius 2 is 1.06 bits per heavy atom.